The van der Waals surface area contributed by atoms with Crippen LogP contribution in [-0.2, 0) is 9.47 Å². The van der Waals surface area contributed by atoms with E-state index in [-0.39, 0.29) is 18.3 Å². The number of aromatic nitrogens is 4. The zero-order chi connectivity index (χ0) is 20.9. The summed E-state index contributed by atoms with van der Waals surface area (Å²) in [5.74, 6) is 0. The number of nitrogens with one attached hydrogen (secondary N) is 1. The molecule has 1 N–H and O–H groups in total. The van der Waals surface area contributed by atoms with Gasteiger partial charge in [-0.05, 0) is 19.4 Å². The molecule has 0 spiro atoms. The Kier molecular flexibility index (Phi) is 4.68. The first kappa shape index (κ1) is 19.2. The maximum Gasteiger partial charge on any atom is 0.296 e. The molecule has 3 unspecified atom stereocenters. The van der Waals surface area contributed by atoms with Gasteiger partial charge in [-0.1, -0.05) is 41.9 Å². The molecule has 2 aliphatic heterocycles. The van der Waals surface area contributed by atoms with Crippen molar-refractivity contribution in [2.24, 2.45) is 0 Å². The molecule has 158 valence electrons. The first-order chi connectivity index (χ1) is 15.2. The molecule has 0 amide bonds. The standard InChI is InChI=1S/C22H19ClN4O3S/c1-11-19(31-21(24-11)12-5-3-2-4-6-12)17-13(23)9-14-20(26-17)27-22(25-14)30-16-10-29-15-7-8-28-18(15)16/h2-6,9,15-16,18H,7-8,10H2,1H3,(H,25,26,27). The molecule has 3 aromatic heterocycles. The minimum absolute atomic E-state index is 0.0448. The number of pyridine rings is 1. The average Bonchev–Trinajstić information content (AvgIpc) is 3.53. The van der Waals surface area contributed by atoms with Crippen molar-refractivity contribution in [1.29, 1.82) is 0 Å². The van der Waals surface area contributed by atoms with Crippen LogP contribution in [0.5, 0.6) is 6.01 Å². The topological polar surface area (TPSA) is 82.2 Å². The van der Waals surface area contributed by atoms with Crippen LogP contribution in [0.15, 0.2) is 36.4 Å². The van der Waals surface area contributed by atoms with Crippen LogP contribution in [0.4, 0.5) is 0 Å². The van der Waals surface area contributed by atoms with E-state index in [0.29, 0.717) is 35.6 Å². The van der Waals surface area contributed by atoms with Gasteiger partial charge >= 0.3 is 0 Å². The average molecular weight is 455 g/mol. The van der Waals surface area contributed by atoms with E-state index in [1.165, 1.54) is 0 Å². The Hall–Kier alpha value is -2.52. The third kappa shape index (κ3) is 3.40. The molecule has 31 heavy (non-hydrogen) atoms. The Bertz CT molecular complexity index is 1260. The molecule has 1 aromatic carbocycles. The zero-order valence-electron chi connectivity index (χ0n) is 16.7. The Labute approximate surface area is 187 Å². The van der Waals surface area contributed by atoms with Crippen molar-refractivity contribution >= 4 is 34.1 Å². The lowest BCUT2D eigenvalue weighted by atomic mass is 10.1. The minimum Gasteiger partial charge on any atom is -0.456 e. The van der Waals surface area contributed by atoms with Gasteiger partial charge in [0.15, 0.2) is 11.8 Å². The fraction of sp³-hybridized carbons (Fsp3) is 0.318. The number of H-pyrrole nitrogens is 1. The number of aromatic amines is 1. The van der Waals surface area contributed by atoms with Crippen LogP contribution >= 0.6 is 22.9 Å². The molecule has 4 aromatic rings. The summed E-state index contributed by atoms with van der Waals surface area (Å²) in [6.45, 7) is 3.17. The number of hydrogen-bond acceptors (Lipinski definition) is 7. The number of fused-ring (bicyclic) bond motifs is 2. The third-order valence-corrected chi connectivity index (χ3v) is 7.12. The van der Waals surface area contributed by atoms with Gasteiger partial charge in [-0.15, -0.1) is 11.3 Å². The highest BCUT2D eigenvalue weighted by molar-refractivity contribution is 7.18. The van der Waals surface area contributed by atoms with Crippen LogP contribution in [0, 0.1) is 6.92 Å². The summed E-state index contributed by atoms with van der Waals surface area (Å²) in [6.07, 6.45) is 0.795. The van der Waals surface area contributed by atoms with E-state index in [1.807, 2.05) is 43.3 Å². The van der Waals surface area contributed by atoms with Crippen molar-refractivity contribution in [1.82, 2.24) is 19.9 Å². The number of ether oxygens (including phenoxy) is 3. The molecule has 6 rings (SSSR count). The molecule has 0 saturated carbocycles. The van der Waals surface area contributed by atoms with Crippen LogP contribution < -0.4 is 4.74 Å². The number of hydrogen-bond donors (Lipinski definition) is 1. The molecule has 5 heterocycles. The van der Waals surface area contributed by atoms with E-state index in [9.17, 15) is 0 Å². The lowest BCUT2D eigenvalue weighted by molar-refractivity contribution is 0.0273. The van der Waals surface area contributed by atoms with Gasteiger partial charge in [0, 0.05) is 12.2 Å². The van der Waals surface area contributed by atoms with Crippen molar-refractivity contribution in [3.63, 3.8) is 0 Å². The zero-order valence-corrected chi connectivity index (χ0v) is 18.2. The van der Waals surface area contributed by atoms with Crippen molar-refractivity contribution < 1.29 is 14.2 Å². The maximum absolute atomic E-state index is 6.61. The molecule has 2 saturated heterocycles. The molecule has 0 bridgehead atoms. The molecular formula is C22H19ClN4O3S. The number of benzene rings is 1. The molecular weight excluding hydrogens is 436 g/mol. The largest absolute Gasteiger partial charge is 0.456 e. The summed E-state index contributed by atoms with van der Waals surface area (Å²) in [7, 11) is 0. The van der Waals surface area contributed by atoms with Crippen molar-refractivity contribution in [3.8, 4) is 27.2 Å². The molecule has 9 heteroatoms. The van der Waals surface area contributed by atoms with Gasteiger partial charge in [0.05, 0.1) is 33.8 Å². The van der Waals surface area contributed by atoms with E-state index in [4.69, 9.17) is 35.8 Å². The summed E-state index contributed by atoms with van der Waals surface area (Å²) in [4.78, 5) is 18.1. The van der Waals surface area contributed by atoms with Crippen LogP contribution in [-0.4, -0.2) is 51.5 Å². The number of thiazole rings is 1. The molecule has 3 atom stereocenters. The van der Waals surface area contributed by atoms with Crippen LogP contribution in [0.1, 0.15) is 12.1 Å². The second-order valence-electron chi connectivity index (χ2n) is 7.68. The maximum atomic E-state index is 6.61. The Morgan fingerprint density at radius 2 is 2.03 bits per heavy atom. The number of halogens is 1. The lowest BCUT2D eigenvalue weighted by Crippen LogP contribution is -2.32. The van der Waals surface area contributed by atoms with Crippen LogP contribution in [0.3, 0.4) is 0 Å². The van der Waals surface area contributed by atoms with Gasteiger partial charge in [0.2, 0.25) is 0 Å². The van der Waals surface area contributed by atoms with E-state index in [1.54, 1.807) is 11.3 Å². The highest BCUT2D eigenvalue weighted by Gasteiger charge is 2.43. The smallest absolute Gasteiger partial charge is 0.296 e. The molecule has 2 fully saturated rings. The number of imidazole rings is 1. The SMILES string of the molecule is Cc1nc(-c2ccccc2)sc1-c1nc2nc(OC3COC4CCOC43)[nH]c2cc1Cl. The summed E-state index contributed by atoms with van der Waals surface area (Å²) >= 11 is 8.18. The second kappa shape index (κ2) is 7.56. The Balaban J connectivity index is 1.32. The minimum atomic E-state index is -0.180. The van der Waals surface area contributed by atoms with Gasteiger partial charge in [-0.25, -0.2) is 9.97 Å². The highest BCUT2D eigenvalue weighted by atomic mass is 35.5. The Morgan fingerprint density at radius 3 is 2.90 bits per heavy atom. The quantitative estimate of drug-likeness (QED) is 0.483. The summed E-state index contributed by atoms with van der Waals surface area (Å²) in [6, 6.07) is 12.3. The van der Waals surface area contributed by atoms with Gasteiger partial charge in [0.1, 0.15) is 16.8 Å². The van der Waals surface area contributed by atoms with Crippen molar-refractivity contribution in [3.05, 3.63) is 47.1 Å². The first-order valence-corrected chi connectivity index (χ1v) is 11.3. The summed E-state index contributed by atoms with van der Waals surface area (Å²) < 4.78 is 17.5. The second-order valence-corrected chi connectivity index (χ2v) is 9.09. The summed E-state index contributed by atoms with van der Waals surface area (Å²) in [5.41, 5.74) is 3.90. The van der Waals surface area contributed by atoms with Gasteiger partial charge in [-0.2, -0.15) is 4.98 Å². The third-order valence-electron chi connectivity index (χ3n) is 5.62. The van der Waals surface area contributed by atoms with Crippen molar-refractivity contribution in [2.75, 3.05) is 13.2 Å². The van der Waals surface area contributed by atoms with E-state index in [0.717, 1.165) is 33.1 Å². The predicted octanol–water partition coefficient (Wildman–Crippen LogP) is 4.65. The monoisotopic (exact) mass is 454 g/mol. The van der Waals surface area contributed by atoms with E-state index in [2.05, 4.69) is 9.97 Å². The number of aryl methyl sites for hydroxylation is 1. The number of rotatable bonds is 4. The normalized spacial score (nSPS) is 22.8. The molecule has 0 aliphatic carbocycles. The molecule has 0 radical (unpaired) electrons. The number of nitrogens with zero attached hydrogens (tertiary/aromatic N) is 3. The fourth-order valence-electron chi connectivity index (χ4n) is 4.11. The van der Waals surface area contributed by atoms with E-state index < -0.39 is 0 Å². The molecule has 7 nitrogen and oxygen atoms in total. The lowest BCUT2D eigenvalue weighted by Gasteiger charge is -2.15. The van der Waals surface area contributed by atoms with Gasteiger partial charge in [0.25, 0.3) is 6.01 Å². The fourth-order valence-corrected chi connectivity index (χ4v) is 5.48. The summed E-state index contributed by atoms with van der Waals surface area (Å²) in [5, 5.41) is 1.47. The van der Waals surface area contributed by atoms with Gasteiger partial charge in [-0.3, -0.25) is 0 Å². The van der Waals surface area contributed by atoms with Crippen LogP contribution in [0.25, 0.3) is 32.3 Å². The highest BCUT2D eigenvalue weighted by Crippen LogP contribution is 2.38. The van der Waals surface area contributed by atoms with Crippen molar-refractivity contribution in [2.45, 2.75) is 31.7 Å². The molecule has 2 aliphatic rings. The van der Waals surface area contributed by atoms with Gasteiger partial charge < -0.3 is 19.2 Å². The van der Waals surface area contributed by atoms with E-state index >= 15 is 0 Å². The predicted molar refractivity (Wildman–Crippen MR) is 119 cm³/mol. The van der Waals surface area contributed by atoms with Crippen LogP contribution in [0.2, 0.25) is 5.02 Å². The first-order valence-electron chi connectivity index (χ1n) is 10.1. The Morgan fingerprint density at radius 1 is 1.16 bits per heavy atom.